The van der Waals surface area contributed by atoms with Crippen LogP contribution < -0.4 is 0 Å². The van der Waals surface area contributed by atoms with Gasteiger partial charge in [-0.05, 0) is 30.5 Å². The quantitative estimate of drug-likeness (QED) is 0.866. The number of rotatable bonds is 4. The number of aliphatic carboxylic acids is 1. The Morgan fingerprint density at radius 3 is 2.81 bits per heavy atom. The Labute approximate surface area is 121 Å². The number of aromatic nitrogens is 3. The molecule has 0 aliphatic heterocycles. The summed E-state index contributed by atoms with van der Waals surface area (Å²) in [6.07, 6.45) is 8.95. The summed E-state index contributed by atoms with van der Waals surface area (Å²) in [5, 5.41) is 13.2. The Morgan fingerprint density at radius 1 is 1.29 bits per heavy atom. The van der Waals surface area contributed by atoms with E-state index in [1.165, 1.54) is 0 Å². The van der Waals surface area contributed by atoms with Gasteiger partial charge in [0.2, 0.25) is 5.89 Å². The summed E-state index contributed by atoms with van der Waals surface area (Å²) in [5.74, 6) is -0.584. The minimum absolute atomic E-state index is 0.244. The highest BCUT2D eigenvalue weighted by molar-refractivity contribution is 5.71. The lowest BCUT2D eigenvalue weighted by Crippen LogP contribution is -2.23. The number of hydrogen-bond acceptors (Lipinski definition) is 5. The fourth-order valence-corrected chi connectivity index (χ4v) is 2.53. The Balaban J connectivity index is 1.78. The summed E-state index contributed by atoms with van der Waals surface area (Å²) in [4.78, 5) is 19.6. The number of hydrogen-bond donors (Lipinski definition) is 1. The first kappa shape index (κ1) is 13.5. The van der Waals surface area contributed by atoms with E-state index in [0.717, 1.165) is 5.56 Å². The van der Waals surface area contributed by atoms with Gasteiger partial charge >= 0.3 is 5.97 Å². The van der Waals surface area contributed by atoms with Crippen LogP contribution in [0.3, 0.4) is 0 Å². The molecule has 21 heavy (non-hydrogen) atoms. The molecule has 2 atom stereocenters. The van der Waals surface area contributed by atoms with Crippen LogP contribution in [0.1, 0.15) is 36.0 Å². The fourth-order valence-electron chi connectivity index (χ4n) is 2.53. The van der Waals surface area contributed by atoms with E-state index >= 15 is 0 Å². The third-order valence-electron chi connectivity index (χ3n) is 3.66. The third-order valence-corrected chi connectivity index (χ3v) is 3.66. The number of pyridine rings is 1. The largest absolute Gasteiger partial charge is 0.481 e. The summed E-state index contributed by atoms with van der Waals surface area (Å²) in [5.41, 5.74) is 1.04. The molecule has 6 heteroatoms. The molecular formula is C15H15N3O3. The van der Waals surface area contributed by atoms with E-state index in [1.807, 2.05) is 24.3 Å². The van der Waals surface area contributed by atoms with Crippen molar-refractivity contribution in [3.8, 4) is 0 Å². The average molecular weight is 285 g/mol. The molecule has 3 rings (SSSR count). The van der Waals surface area contributed by atoms with E-state index in [9.17, 15) is 9.90 Å². The van der Waals surface area contributed by atoms with Crippen molar-refractivity contribution in [3.05, 3.63) is 54.0 Å². The molecule has 0 spiro atoms. The minimum Gasteiger partial charge on any atom is -0.481 e. The Bertz CT molecular complexity index is 651. The van der Waals surface area contributed by atoms with E-state index in [-0.39, 0.29) is 5.92 Å². The smallest absolute Gasteiger partial charge is 0.307 e. The second kappa shape index (κ2) is 5.87. The highest BCUT2D eigenvalue weighted by atomic mass is 16.5. The second-order valence-electron chi connectivity index (χ2n) is 5.08. The van der Waals surface area contributed by atoms with Crippen LogP contribution in [0.25, 0.3) is 0 Å². The number of carbonyl (C=O) groups is 1. The van der Waals surface area contributed by atoms with Crippen molar-refractivity contribution in [3.63, 3.8) is 0 Å². The Kier molecular flexibility index (Phi) is 3.77. The van der Waals surface area contributed by atoms with Crippen LogP contribution in [0, 0.1) is 5.92 Å². The lowest BCUT2D eigenvalue weighted by molar-refractivity contribution is -0.142. The Morgan fingerprint density at radius 2 is 2.05 bits per heavy atom. The van der Waals surface area contributed by atoms with E-state index in [1.54, 1.807) is 12.4 Å². The fraction of sp³-hybridized carbons (Fsp3) is 0.333. The van der Waals surface area contributed by atoms with Gasteiger partial charge in [0, 0.05) is 18.8 Å². The van der Waals surface area contributed by atoms with Gasteiger partial charge in [0.05, 0.1) is 11.8 Å². The maximum absolute atomic E-state index is 11.3. The van der Waals surface area contributed by atoms with Gasteiger partial charge < -0.3 is 9.63 Å². The zero-order chi connectivity index (χ0) is 14.7. The molecule has 1 N–H and O–H groups in total. The molecule has 1 aliphatic rings. The zero-order valence-corrected chi connectivity index (χ0v) is 11.3. The standard InChI is InChI=1S/C15H15N3O3/c19-15(20)12-4-2-1-3-11(12)14-17-13(18-21-14)9-10-5-7-16-8-6-10/h1-2,5-8,11-12H,3-4,9H2,(H,19,20). The molecule has 108 valence electrons. The predicted octanol–water partition coefficient (Wildman–Crippen LogP) is 2.19. The molecule has 2 unspecified atom stereocenters. The van der Waals surface area contributed by atoms with Crippen molar-refractivity contribution < 1.29 is 14.4 Å². The molecule has 6 nitrogen and oxygen atoms in total. The summed E-state index contributed by atoms with van der Waals surface area (Å²) < 4.78 is 5.28. The number of carboxylic acid groups (broad SMARTS) is 1. The molecule has 2 aromatic heterocycles. The predicted molar refractivity (Wildman–Crippen MR) is 73.6 cm³/mol. The molecule has 0 aromatic carbocycles. The first-order valence-corrected chi connectivity index (χ1v) is 6.83. The lowest BCUT2D eigenvalue weighted by atomic mass is 9.83. The van der Waals surface area contributed by atoms with Gasteiger partial charge in [-0.2, -0.15) is 4.98 Å². The van der Waals surface area contributed by atoms with Gasteiger partial charge in [-0.1, -0.05) is 17.3 Å². The normalized spacial score (nSPS) is 21.3. The van der Waals surface area contributed by atoms with Crippen molar-refractivity contribution in [2.45, 2.75) is 25.2 Å². The summed E-state index contributed by atoms with van der Waals surface area (Å²) in [7, 11) is 0. The van der Waals surface area contributed by atoms with Crippen LogP contribution in [0.2, 0.25) is 0 Å². The van der Waals surface area contributed by atoms with Crippen molar-refractivity contribution >= 4 is 5.97 Å². The number of carboxylic acids is 1. The molecule has 2 aromatic rings. The molecule has 0 bridgehead atoms. The van der Waals surface area contributed by atoms with Gasteiger partial charge in [-0.15, -0.1) is 0 Å². The molecular weight excluding hydrogens is 270 g/mol. The number of allylic oxidation sites excluding steroid dienone is 2. The third kappa shape index (κ3) is 2.99. The molecule has 0 fully saturated rings. The van der Waals surface area contributed by atoms with Gasteiger partial charge in [-0.3, -0.25) is 9.78 Å². The highest BCUT2D eigenvalue weighted by Crippen LogP contribution is 2.33. The van der Waals surface area contributed by atoms with E-state index in [0.29, 0.717) is 31.0 Å². The maximum Gasteiger partial charge on any atom is 0.307 e. The summed E-state index contributed by atoms with van der Waals surface area (Å²) >= 11 is 0. The second-order valence-corrected chi connectivity index (χ2v) is 5.08. The van der Waals surface area contributed by atoms with Crippen LogP contribution in [0.4, 0.5) is 0 Å². The minimum atomic E-state index is -0.821. The zero-order valence-electron chi connectivity index (χ0n) is 11.3. The summed E-state index contributed by atoms with van der Waals surface area (Å²) in [6, 6.07) is 3.78. The van der Waals surface area contributed by atoms with Gasteiger partial charge in [0.25, 0.3) is 0 Å². The molecule has 0 radical (unpaired) electrons. The molecule has 0 amide bonds. The van der Waals surface area contributed by atoms with Crippen LogP contribution in [0.15, 0.2) is 41.2 Å². The van der Waals surface area contributed by atoms with Crippen LogP contribution >= 0.6 is 0 Å². The first-order valence-electron chi connectivity index (χ1n) is 6.83. The van der Waals surface area contributed by atoms with E-state index in [2.05, 4.69) is 15.1 Å². The van der Waals surface area contributed by atoms with E-state index in [4.69, 9.17) is 4.52 Å². The van der Waals surface area contributed by atoms with Crippen molar-refractivity contribution in [1.82, 2.24) is 15.1 Å². The van der Waals surface area contributed by atoms with Crippen molar-refractivity contribution in [2.24, 2.45) is 5.92 Å². The van der Waals surface area contributed by atoms with Crippen LogP contribution in [-0.4, -0.2) is 26.2 Å². The Hall–Kier alpha value is -2.50. The topological polar surface area (TPSA) is 89.1 Å². The van der Waals surface area contributed by atoms with Gasteiger partial charge in [0.15, 0.2) is 5.82 Å². The molecule has 2 heterocycles. The number of nitrogens with zero attached hydrogens (tertiary/aromatic N) is 3. The van der Waals surface area contributed by atoms with Gasteiger partial charge in [0.1, 0.15) is 0 Å². The van der Waals surface area contributed by atoms with Gasteiger partial charge in [-0.25, -0.2) is 0 Å². The highest BCUT2D eigenvalue weighted by Gasteiger charge is 2.33. The van der Waals surface area contributed by atoms with Crippen LogP contribution in [-0.2, 0) is 11.2 Å². The monoisotopic (exact) mass is 285 g/mol. The van der Waals surface area contributed by atoms with E-state index < -0.39 is 11.9 Å². The molecule has 0 saturated carbocycles. The molecule has 0 saturated heterocycles. The summed E-state index contributed by atoms with van der Waals surface area (Å²) in [6.45, 7) is 0. The molecule has 1 aliphatic carbocycles. The van der Waals surface area contributed by atoms with Crippen LogP contribution in [0.5, 0.6) is 0 Å². The lowest BCUT2D eigenvalue weighted by Gasteiger charge is -2.21. The average Bonchev–Trinajstić information content (AvgIpc) is 2.96. The maximum atomic E-state index is 11.3. The SMILES string of the molecule is O=C(O)C1CC=CCC1c1nc(Cc2ccncc2)no1. The van der Waals surface area contributed by atoms with Crippen molar-refractivity contribution in [2.75, 3.05) is 0 Å². The van der Waals surface area contributed by atoms with Crippen molar-refractivity contribution in [1.29, 1.82) is 0 Å². The first-order chi connectivity index (χ1) is 10.2.